The van der Waals surface area contributed by atoms with E-state index in [4.69, 9.17) is 4.74 Å². The van der Waals surface area contributed by atoms with Crippen LogP contribution in [0.25, 0.3) is 0 Å². The minimum Gasteiger partial charge on any atom is -0.373 e. The summed E-state index contributed by atoms with van der Waals surface area (Å²) in [6, 6.07) is 1.27. The van der Waals surface area contributed by atoms with Gasteiger partial charge in [-0.15, -0.1) is 0 Å². The van der Waals surface area contributed by atoms with Crippen molar-refractivity contribution in [2.45, 2.75) is 83.2 Å². The maximum absolute atomic E-state index is 14.6. The molecule has 0 spiro atoms. The first-order valence-electron chi connectivity index (χ1n) is 7.35. The number of piperidine rings is 1. The average molecular weight is 257 g/mol. The number of nitrogens with zero attached hydrogens (tertiary/aromatic N) is 1. The van der Waals surface area contributed by atoms with E-state index in [1.54, 1.807) is 6.92 Å². The van der Waals surface area contributed by atoms with E-state index in [-0.39, 0.29) is 12.2 Å². The lowest BCUT2D eigenvalue weighted by Gasteiger charge is -2.39. The van der Waals surface area contributed by atoms with E-state index >= 15 is 0 Å². The Balaban J connectivity index is 1.87. The first-order chi connectivity index (χ1) is 8.27. The normalized spacial score (nSPS) is 32.5. The van der Waals surface area contributed by atoms with Crippen LogP contribution in [0.3, 0.4) is 0 Å². The lowest BCUT2D eigenvalue weighted by molar-refractivity contribution is -0.0736. The number of halogens is 1. The fraction of sp³-hybridized carbons (Fsp3) is 1.00. The molecular formula is C15H28FNO. The molecule has 2 heterocycles. The predicted molar refractivity (Wildman–Crippen MR) is 72.6 cm³/mol. The first-order valence-corrected chi connectivity index (χ1v) is 7.35. The van der Waals surface area contributed by atoms with Crippen molar-refractivity contribution in [3.05, 3.63) is 0 Å². The summed E-state index contributed by atoms with van der Waals surface area (Å²) in [5.74, 6) is 0. The van der Waals surface area contributed by atoms with Crippen molar-refractivity contribution < 1.29 is 9.13 Å². The smallest absolute Gasteiger partial charge is 0.144 e. The Morgan fingerprint density at radius 1 is 1.06 bits per heavy atom. The molecule has 0 N–H and O–H groups in total. The van der Waals surface area contributed by atoms with E-state index < -0.39 is 5.67 Å². The van der Waals surface area contributed by atoms with Crippen LogP contribution in [0.4, 0.5) is 4.39 Å². The third-order valence-electron chi connectivity index (χ3n) is 4.16. The first kappa shape index (κ1) is 14.3. The number of ether oxygens (including phenoxy) is 1. The van der Waals surface area contributed by atoms with Gasteiger partial charge >= 0.3 is 0 Å². The van der Waals surface area contributed by atoms with Crippen molar-refractivity contribution in [2.24, 2.45) is 0 Å². The van der Waals surface area contributed by atoms with Gasteiger partial charge in [0.25, 0.3) is 0 Å². The Labute approximate surface area is 111 Å². The molecule has 106 valence electrons. The second kappa shape index (κ2) is 5.09. The molecule has 0 saturated carbocycles. The fourth-order valence-electron chi connectivity index (χ4n) is 3.28. The molecule has 2 saturated heterocycles. The largest absolute Gasteiger partial charge is 0.373 e. The molecule has 2 nitrogen and oxygen atoms in total. The molecule has 0 amide bonds. The Bertz CT molecular complexity index is 269. The minimum absolute atomic E-state index is 0.201. The van der Waals surface area contributed by atoms with Crippen LogP contribution >= 0.6 is 0 Å². The quantitative estimate of drug-likeness (QED) is 0.763. The van der Waals surface area contributed by atoms with Crippen molar-refractivity contribution >= 4 is 0 Å². The molecule has 2 rings (SSSR count). The van der Waals surface area contributed by atoms with Gasteiger partial charge in [0.1, 0.15) is 5.67 Å². The molecule has 0 aromatic carbocycles. The maximum atomic E-state index is 14.6. The molecule has 2 aliphatic rings. The number of hydrogen-bond acceptors (Lipinski definition) is 2. The van der Waals surface area contributed by atoms with Gasteiger partial charge in [0.2, 0.25) is 0 Å². The van der Waals surface area contributed by atoms with Gasteiger partial charge in [-0.3, -0.25) is 4.90 Å². The minimum atomic E-state index is -1.23. The number of rotatable bonds is 4. The van der Waals surface area contributed by atoms with E-state index in [1.165, 1.54) is 32.1 Å². The van der Waals surface area contributed by atoms with Crippen LogP contribution in [0.15, 0.2) is 0 Å². The highest BCUT2D eigenvalue weighted by Crippen LogP contribution is 2.37. The zero-order valence-electron chi connectivity index (χ0n) is 12.3. The Morgan fingerprint density at radius 2 is 1.61 bits per heavy atom. The number of hydrogen-bond donors (Lipinski definition) is 0. The molecule has 0 radical (unpaired) electrons. The van der Waals surface area contributed by atoms with Gasteiger partial charge < -0.3 is 4.74 Å². The summed E-state index contributed by atoms with van der Waals surface area (Å²) in [5, 5.41) is 0. The summed E-state index contributed by atoms with van der Waals surface area (Å²) in [4.78, 5) is 2.41. The van der Waals surface area contributed by atoms with Crippen LogP contribution in [0.1, 0.15) is 59.8 Å². The van der Waals surface area contributed by atoms with Gasteiger partial charge in [-0.2, -0.15) is 0 Å². The third kappa shape index (κ3) is 3.67. The van der Waals surface area contributed by atoms with Crippen molar-refractivity contribution in [3.8, 4) is 0 Å². The highest BCUT2D eigenvalue weighted by molar-refractivity contribution is 4.95. The van der Waals surface area contributed by atoms with E-state index in [1.807, 2.05) is 20.8 Å². The second-order valence-corrected chi connectivity index (χ2v) is 7.30. The maximum Gasteiger partial charge on any atom is 0.144 e. The summed E-state index contributed by atoms with van der Waals surface area (Å²) < 4.78 is 20.2. The van der Waals surface area contributed by atoms with E-state index in [2.05, 4.69) is 4.90 Å². The van der Waals surface area contributed by atoms with Crippen LogP contribution in [0.2, 0.25) is 0 Å². The lowest BCUT2D eigenvalue weighted by Crippen LogP contribution is -2.49. The third-order valence-corrected chi connectivity index (χ3v) is 4.16. The zero-order valence-corrected chi connectivity index (χ0v) is 12.3. The summed E-state index contributed by atoms with van der Waals surface area (Å²) >= 11 is 0. The number of alkyl halides is 1. The summed E-state index contributed by atoms with van der Waals surface area (Å²) in [6.07, 6.45) is 6.37. The van der Waals surface area contributed by atoms with Crippen molar-refractivity contribution in [1.82, 2.24) is 4.90 Å². The van der Waals surface area contributed by atoms with Crippen molar-refractivity contribution in [3.63, 3.8) is 0 Å². The van der Waals surface area contributed by atoms with Crippen molar-refractivity contribution in [2.75, 3.05) is 13.2 Å². The molecule has 2 aliphatic heterocycles. The van der Waals surface area contributed by atoms with E-state index in [0.29, 0.717) is 18.6 Å². The second-order valence-electron chi connectivity index (χ2n) is 7.30. The van der Waals surface area contributed by atoms with E-state index in [9.17, 15) is 4.39 Å². The summed E-state index contributed by atoms with van der Waals surface area (Å²) in [6.45, 7) is 8.37. The van der Waals surface area contributed by atoms with Crippen LogP contribution < -0.4 is 0 Å². The van der Waals surface area contributed by atoms with Crippen LogP contribution in [-0.2, 0) is 4.74 Å². The Hall–Kier alpha value is -0.150. The van der Waals surface area contributed by atoms with Crippen molar-refractivity contribution in [1.29, 1.82) is 0 Å². The van der Waals surface area contributed by atoms with Gasteiger partial charge in [-0.25, -0.2) is 4.39 Å². The van der Waals surface area contributed by atoms with Crippen LogP contribution in [0.5, 0.6) is 0 Å². The highest BCUT2D eigenvalue weighted by Gasteiger charge is 2.40. The van der Waals surface area contributed by atoms with Gasteiger partial charge in [-0.1, -0.05) is 6.42 Å². The number of fused-ring (bicyclic) bond motifs is 2. The van der Waals surface area contributed by atoms with Gasteiger partial charge in [-0.05, 0) is 53.4 Å². The predicted octanol–water partition coefficient (Wildman–Crippen LogP) is 3.55. The van der Waals surface area contributed by atoms with Crippen LogP contribution in [-0.4, -0.2) is 41.4 Å². The summed E-state index contributed by atoms with van der Waals surface area (Å²) in [7, 11) is 0. The van der Waals surface area contributed by atoms with E-state index in [0.717, 1.165) is 0 Å². The lowest BCUT2D eigenvalue weighted by atomic mass is 10.00. The molecule has 3 heteroatoms. The van der Waals surface area contributed by atoms with Gasteiger partial charge in [0, 0.05) is 18.6 Å². The molecule has 2 fully saturated rings. The highest BCUT2D eigenvalue weighted by atomic mass is 19.1. The molecule has 2 bridgehead atoms. The molecule has 3 unspecified atom stereocenters. The summed E-state index contributed by atoms with van der Waals surface area (Å²) in [5.41, 5.74) is -1.49. The Morgan fingerprint density at radius 3 is 2.11 bits per heavy atom. The van der Waals surface area contributed by atoms with Gasteiger partial charge in [0.05, 0.1) is 12.2 Å². The zero-order chi connectivity index (χ0) is 13.4. The molecule has 0 aromatic heterocycles. The monoisotopic (exact) mass is 257 g/mol. The SMILES string of the molecule is CC(F)(COC(C)(C)C)CN1C2CCCC1CC2. The topological polar surface area (TPSA) is 12.5 Å². The molecule has 0 aliphatic carbocycles. The Kier molecular flexibility index (Phi) is 4.03. The van der Waals surface area contributed by atoms with Gasteiger partial charge in [0.15, 0.2) is 0 Å². The molecule has 3 atom stereocenters. The fourth-order valence-corrected chi connectivity index (χ4v) is 3.28. The molecule has 18 heavy (non-hydrogen) atoms. The molecular weight excluding hydrogens is 229 g/mol. The standard InChI is InChI=1S/C15H28FNO/c1-14(2,3)18-11-15(4,16)10-17-12-6-5-7-13(17)9-8-12/h12-13H,5-11H2,1-4H3. The average Bonchev–Trinajstić information content (AvgIpc) is 2.50. The van der Waals surface area contributed by atoms with Crippen LogP contribution in [0, 0.1) is 0 Å². The molecule has 0 aromatic rings.